The standard InChI is InChI=1S/C15H19FN2O2/c1-10(2)5-11(6-15(19)20)9-18-14-4-3-13(16)7-12(14)8-17/h3-4,7,10-11,18H,5-6,9H2,1-2H3,(H,19,20). The number of carboxylic acid groups (broad SMARTS) is 1. The highest BCUT2D eigenvalue weighted by Crippen LogP contribution is 2.20. The van der Waals surface area contributed by atoms with Gasteiger partial charge < -0.3 is 10.4 Å². The lowest BCUT2D eigenvalue weighted by Crippen LogP contribution is -2.20. The maximum absolute atomic E-state index is 13.0. The molecule has 0 saturated carbocycles. The van der Waals surface area contributed by atoms with Crippen LogP contribution in [0, 0.1) is 29.0 Å². The Morgan fingerprint density at radius 1 is 1.50 bits per heavy atom. The van der Waals surface area contributed by atoms with Gasteiger partial charge in [0.25, 0.3) is 0 Å². The molecule has 0 aliphatic rings. The van der Waals surface area contributed by atoms with Crippen molar-refractivity contribution in [3.05, 3.63) is 29.6 Å². The SMILES string of the molecule is CC(C)CC(CNc1ccc(F)cc1C#N)CC(=O)O. The van der Waals surface area contributed by atoms with Gasteiger partial charge in [-0.15, -0.1) is 0 Å². The summed E-state index contributed by atoms with van der Waals surface area (Å²) in [5, 5.41) is 20.9. The molecule has 108 valence electrons. The van der Waals surface area contributed by atoms with Crippen LogP contribution in [0.3, 0.4) is 0 Å². The summed E-state index contributed by atoms with van der Waals surface area (Å²) in [4.78, 5) is 10.8. The van der Waals surface area contributed by atoms with Gasteiger partial charge in [0.15, 0.2) is 0 Å². The van der Waals surface area contributed by atoms with E-state index in [0.29, 0.717) is 18.2 Å². The van der Waals surface area contributed by atoms with Crippen molar-refractivity contribution < 1.29 is 14.3 Å². The first-order valence-electron chi connectivity index (χ1n) is 6.57. The molecule has 0 radical (unpaired) electrons. The van der Waals surface area contributed by atoms with Crippen LogP contribution in [0.4, 0.5) is 10.1 Å². The van der Waals surface area contributed by atoms with Crippen molar-refractivity contribution >= 4 is 11.7 Å². The molecule has 0 heterocycles. The minimum Gasteiger partial charge on any atom is -0.481 e. The van der Waals surface area contributed by atoms with Crippen LogP contribution in [-0.2, 0) is 4.79 Å². The second-order valence-corrected chi connectivity index (χ2v) is 5.28. The molecular weight excluding hydrogens is 259 g/mol. The Bertz CT molecular complexity index is 509. The summed E-state index contributed by atoms with van der Waals surface area (Å²) in [7, 11) is 0. The van der Waals surface area contributed by atoms with Gasteiger partial charge in [0.2, 0.25) is 0 Å². The summed E-state index contributed by atoms with van der Waals surface area (Å²) in [6.45, 7) is 4.52. The number of hydrogen-bond acceptors (Lipinski definition) is 3. The van der Waals surface area contributed by atoms with E-state index in [9.17, 15) is 9.18 Å². The Labute approximate surface area is 118 Å². The summed E-state index contributed by atoms with van der Waals surface area (Å²) in [6.07, 6.45) is 0.858. The number of rotatable bonds is 7. The summed E-state index contributed by atoms with van der Waals surface area (Å²) in [5.74, 6) is -0.928. The number of carbonyl (C=O) groups is 1. The Morgan fingerprint density at radius 2 is 2.20 bits per heavy atom. The Hall–Kier alpha value is -2.09. The molecule has 0 fully saturated rings. The van der Waals surface area contributed by atoms with Gasteiger partial charge in [0, 0.05) is 13.0 Å². The molecular formula is C15H19FN2O2. The van der Waals surface area contributed by atoms with Crippen molar-refractivity contribution in [3.8, 4) is 6.07 Å². The minimum absolute atomic E-state index is 0.0240. The first-order valence-corrected chi connectivity index (χ1v) is 6.57. The number of nitriles is 1. The first kappa shape index (κ1) is 16.0. The van der Waals surface area contributed by atoms with Gasteiger partial charge in [-0.2, -0.15) is 5.26 Å². The number of aliphatic carboxylic acids is 1. The molecule has 2 N–H and O–H groups in total. The van der Waals surface area contributed by atoms with Gasteiger partial charge in [0.05, 0.1) is 11.3 Å². The maximum atomic E-state index is 13.0. The largest absolute Gasteiger partial charge is 0.481 e. The van der Waals surface area contributed by atoms with E-state index in [1.54, 1.807) is 0 Å². The second kappa shape index (κ2) is 7.49. The Balaban J connectivity index is 2.72. The van der Waals surface area contributed by atoms with Crippen LogP contribution in [0.25, 0.3) is 0 Å². The van der Waals surface area contributed by atoms with Crippen LogP contribution in [0.1, 0.15) is 32.3 Å². The molecule has 0 saturated heterocycles. The normalized spacial score (nSPS) is 11.9. The van der Waals surface area contributed by atoms with Crippen LogP contribution in [0.15, 0.2) is 18.2 Å². The summed E-state index contributed by atoms with van der Waals surface area (Å²) < 4.78 is 13.0. The summed E-state index contributed by atoms with van der Waals surface area (Å²) >= 11 is 0. The van der Waals surface area contributed by atoms with Gasteiger partial charge in [-0.1, -0.05) is 13.8 Å². The predicted octanol–water partition coefficient (Wildman–Crippen LogP) is 3.25. The average Bonchev–Trinajstić information content (AvgIpc) is 2.35. The first-order chi connectivity index (χ1) is 9.42. The van der Waals surface area contributed by atoms with E-state index in [-0.39, 0.29) is 17.9 Å². The van der Waals surface area contributed by atoms with Gasteiger partial charge >= 0.3 is 5.97 Å². The van der Waals surface area contributed by atoms with E-state index in [1.165, 1.54) is 12.1 Å². The molecule has 1 aromatic rings. The predicted molar refractivity (Wildman–Crippen MR) is 74.8 cm³/mol. The van der Waals surface area contributed by atoms with Crippen LogP contribution < -0.4 is 5.32 Å². The van der Waals surface area contributed by atoms with Crippen molar-refractivity contribution in [2.45, 2.75) is 26.7 Å². The van der Waals surface area contributed by atoms with E-state index in [2.05, 4.69) is 5.32 Å². The lowest BCUT2D eigenvalue weighted by Gasteiger charge is -2.19. The minimum atomic E-state index is -0.836. The van der Waals surface area contributed by atoms with Crippen molar-refractivity contribution in [3.63, 3.8) is 0 Å². The zero-order valence-corrected chi connectivity index (χ0v) is 11.7. The van der Waals surface area contributed by atoms with Gasteiger partial charge in [0.1, 0.15) is 11.9 Å². The topological polar surface area (TPSA) is 73.1 Å². The number of benzene rings is 1. The third kappa shape index (κ3) is 5.27. The van der Waals surface area contributed by atoms with Crippen molar-refractivity contribution in [1.29, 1.82) is 5.26 Å². The van der Waals surface area contributed by atoms with Crippen LogP contribution in [0.5, 0.6) is 0 Å². The Kier molecular flexibility index (Phi) is 5.98. The third-order valence-corrected chi connectivity index (χ3v) is 2.95. The highest BCUT2D eigenvalue weighted by molar-refractivity contribution is 5.67. The van der Waals surface area contributed by atoms with E-state index < -0.39 is 11.8 Å². The molecule has 0 aliphatic carbocycles. The molecule has 0 aromatic heterocycles. The maximum Gasteiger partial charge on any atom is 0.303 e. The molecule has 0 bridgehead atoms. The van der Waals surface area contributed by atoms with E-state index in [0.717, 1.165) is 12.5 Å². The molecule has 4 nitrogen and oxygen atoms in total. The number of anilines is 1. The highest BCUT2D eigenvalue weighted by atomic mass is 19.1. The number of carboxylic acids is 1. The van der Waals surface area contributed by atoms with Crippen LogP contribution in [-0.4, -0.2) is 17.6 Å². The summed E-state index contributed by atoms with van der Waals surface area (Å²) in [6, 6.07) is 5.86. The fraction of sp³-hybridized carbons (Fsp3) is 0.467. The zero-order chi connectivity index (χ0) is 15.1. The Morgan fingerprint density at radius 3 is 2.75 bits per heavy atom. The van der Waals surface area contributed by atoms with Crippen molar-refractivity contribution in [2.24, 2.45) is 11.8 Å². The molecule has 0 aliphatic heterocycles. The molecule has 1 rings (SSSR count). The van der Waals surface area contributed by atoms with Gasteiger partial charge in [-0.05, 0) is 36.5 Å². The average molecular weight is 278 g/mol. The number of hydrogen-bond donors (Lipinski definition) is 2. The molecule has 0 spiro atoms. The molecule has 1 aromatic carbocycles. The molecule has 1 unspecified atom stereocenters. The van der Waals surface area contributed by atoms with Crippen LogP contribution >= 0.6 is 0 Å². The van der Waals surface area contributed by atoms with E-state index in [1.807, 2.05) is 19.9 Å². The second-order valence-electron chi connectivity index (χ2n) is 5.28. The lowest BCUT2D eigenvalue weighted by atomic mass is 9.94. The molecule has 1 atom stereocenters. The van der Waals surface area contributed by atoms with Crippen molar-refractivity contribution in [2.75, 3.05) is 11.9 Å². The molecule has 20 heavy (non-hydrogen) atoms. The molecule has 0 amide bonds. The van der Waals surface area contributed by atoms with Gasteiger partial charge in [-0.25, -0.2) is 4.39 Å². The van der Waals surface area contributed by atoms with E-state index >= 15 is 0 Å². The number of halogens is 1. The number of nitrogens with zero attached hydrogens (tertiary/aromatic N) is 1. The number of nitrogens with one attached hydrogen (secondary N) is 1. The van der Waals surface area contributed by atoms with Gasteiger partial charge in [-0.3, -0.25) is 4.79 Å². The third-order valence-electron chi connectivity index (χ3n) is 2.95. The molecule has 5 heteroatoms. The summed E-state index contributed by atoms with van der Waals surface area (Å²) in [5.41, 5.74) is 0.761. The monoisotopic (exact) mass is 278 g/mol. The smallest absolute Gasteiger partial charge is 0.303 e. The van der Waals surface area contributed by atoms with Crippen molar-refractivity contribution in [1.82, 2.24) is 0 Å². The highest BCUT2D eigenvalue weighted by Gasteiger charge is 2.15. The quantitative estimate of drug-likeness (QED) is 0.803. The fourth-order valence-electron chi connectivity index (χ4n) is 2.17. The lowest BCUT2D eigenvalue weighted by molar-refractivity contribution is -0.138. The fourth-order valence-corrected chi connectivity index (χ4v) is 2.17. The van der Waals surface area contributed by atoms with Crippen LogP contribution in [0.2, 0.25) is 0 Å². The zero-order valence-electron chi connectivity index (χ0n) is 11.7. The van der Waals surface area contributed by atoms with E-state index in [4.69, 9.17) is 10.4 Å².